The number of fused-ring (bicyclic) bond motifs is 2. The van der Waals surface area contributed by atoms with Crippen LogP contribution in [0.25, 0.3) is 0 Å². The topological polar surface area (TPSA) is 0 Å². The largest absolute Gasteiger partial charge is 0.0522 e. The Morgan fingerprint density at radius 3 is 1.33 bits per heavy atom. The summed E-state index contributed by atoms with van der Waals surface area (Å²) >= 11 is 0. The Balaban J connectivity index is 1.81. The highest BCUT2D eigenvalue weighted by Gasteiger charge is 2.77. The second-order valence-electron chi connectivity index (χ2n) is 6.00. The van der Waals surface area contributed by atoms with Gasteiger partial charge in [-0.05, 0) is 67.6 Å². The van der Waals surface area contributed by atoms with Crippen LogP contribution in [0.1, 0.15) is 57.8 Å². The van der Waals surface area contributed by atoms with Crippen molar-refractivity contribution in [1.29, 1.82) is 0 Å². The van der Waals surface area contributed by atoms with E-state index in [1.165, 1.54) is 0 Å². The van der Waals surface area contributed by atoms with Crippen LogP contribution in [0.2, 0.25) is 0 Å². The molecule has 0 amide bonds. The maximum atomic E-state index is 1.62. The minimum atomic E-state index is 0.932. The van der Waals surface area contributed by atoms with Crippen LogP contribution in [-0.2, 0) is 0 Å². The standard InChI is InChI=1S/C12H18/c1-2-10(4-5-10)12(8-9-12)11(3-1)6-7-11/h1-9H2. The lowest BCUT2D eigenvalue weighted by Crippen LogP contribution is -2.32. The summed E-state index contributed by atoms with van der Waals surface area (Å²) in [7, 11) is 0. The van der Waals surface area contributed by atoms with Crippen LogP contribution in [0.3, 0.4) is 0 Å². The third-order valence-corrected chi connectivity index (χ3v) is 5.80. The van der Waals surface area contributed by atoms with Gasteiger partial charge in [-0.15, -0.1) is 0 Å². The Morgan fingerprint density at radius 2 is 1.00 bits per heavy atom. The number of hydrogen-bond acceptors (Lipinski definition) is 0. The molecule has 0 nitrogen and oxygen atoms in total. The van der Waals surface area contributed by atoms with Gasteiger partial charge in [-0.2, -0.15) is 0 Å². The molecule has 0 aromatic carbocycles. The van der Waals surface area contributed by atoms with Gasteiger partial charge in [-0.1, -0.05) is 6.42 Å². The average molecular weight is 162 g/mol. The highest BCUT2D eigenvalue weighted by atomic mass is 14.8. The van der Waals surface area contributed by atoms with Crippen LogP contribution in [-0.4, -0.2) is 0 Å². The van der Waals surface area contributed by atoms with Crippen molar-refractivity contribution in [3.63, 3.8) is 0 Å². The number of hydrogen-bond donors (Lipinski definition) is 0. The molecule has 0 heterocycles. The zero-order valence-corrected chi connectivity index (χ0v) is 7.86. The summed E-state index contributed by atoms with van der Waals surface area (Å²) in [6, 6.07) is 0. The maximum absolute atomic E-state index is 1.62. The van der Waals surface area contributed by atoms with Crippen LogP contribution in [0.5, 0.6) is 0 Å². The molecule has 0 N–H and O–H groups in total. The molecule has 0 heteroatoms. The molecule has 0 radical (unpaired) electrons. The Kier molecular flexibility index (Phi) is 0.811. The van der Waals surface area contributed by atoms with Crippen molar-refractivity contribution in [2.75, 3.05) is 0 Å². The summed E-state index contributed by atoms with van der Waals surface area (Å²) in [4.78, 5) is 0. The fourth-order valence-electron chi connectivity index (χ4n) is 4.75. The highest BCUT2D eigenvalue weighted by Crippen LogP contribution is 2.86. The molecule has 0 atom stereocenters. The van der Waals surface area contributed by atoms with E-state index in [2.05, 4.69) is 0 Å². The molecule has 0 saturated heterocycles. The maximum Gasteiger partial charge on any atom is -0.0184 e. The van der Waals surface area contributed by atoms with Crippen molar-refractivity contribution in [1.82, 2.24) is 0 Å². The lowest BCUT2D eigenvalue weighted by molar-refractivity contribution is 0.0863. The first-order valence-corrected chi connectivity index (χ1v) is 5.83. The van der Waals surface area contributed by atoms with E-state index in [0.717, 1.165) is 16.2 Å². The summed E-state index contributed by atoms with van der Waals surface area (Å²) in [5.41, 5.74) is 2.81. The molecular formula is C12H18. The normalized spacial score (nSPS) is 42.0. The first-order chi connectivity index (χ1) is 5.83. The van der Waals surface area contributed by atoms with Gasteiger partial charge in [-0.3, -0.25) is 0 Å². The van der Waals surface area contributed by atoms with Crippen molar-refractivity contribution in [2.24, 2.45) is 16.2 Å². The third-order valence-electron chi connectivity index (χ3n) is 5.80. The average Bonchev–Trinajstić information content (AvgIpc) is 2.89. The van der Waals surface area contributed by atoms with Crippen LogP contribution in [0, 0.1) is 16.2 Å². The fourth-order valence-corrected chi connectivity index (χ4v) is 4.75. The predicted octanol–water partition coefficient (Wildman–Crippen LogP) is 3.51. The monoisotopic (exact) mass is 162 g/mol. The lowest BCUT2D eigenvalue weighted by atomic mass is 9.64. The summed E-state index contributed by atoms with van der Waals surface area (Å²) in [5.74, 6) is 0. The second-order valence-corrected chi connectivity index (χ2v) is 6.00. The molecule has 0 bridgehead atoms. The Labute approximate surface area is 74.7 Å². The van der Waals surface area contributed by atoms with Gasteiger partial charge < -0.3 is 0 Å². The van der Waals surface area contributed by atoms with E-state index in [1.54, 1.807) is 57.8 Å². The fraction of sp³-hybridized carbons (Fsp3) is 1.00. The minimum absolute atomic E-state index is 0.932. The van der Waals surface area contributed by atoms with Crippen molar-refractivity contribution >= 4 is 0 Å². The first kappa shape index (κ1) is 6.45. The van der Waals surface area contributed by atoms with Gasteiger partial charge in [0.2, 0.25) is 0 Å². The molecule has 0 aromatic rings. The van der Waals surface area contributed by atoms with Crippen LogP contribution >= 0.6 is 0 Å². The number of rotatable bonds is 0. The van der Waals surface area contributed by atoms with Gasteiger partial charge in [0.25, 0.3) is 0 Å². The van der Waals surface area contributed by atoms with E-state index < -0.39 is 0 Å². The molecular weight excluding hydrogens is 144 g/mol. The van der Waals surface area contributed by atoms with Crippen molar-refractivity contribution in [3.05, 3.63) is 0 Å². The van der Waals surface area contributed by atoms with E-state index in [-0.39, 0.29) is 0 Å². The van der Waals surface area contributed by atoms with E-state index in [9.17, 15) is 0 Å². The van der Waals surface area contributed by atoms with Crippen molar-refractivity contribution < 1.29 is 0 Å². The van der Waals surface area contributed by atoms with Crippen LogP contribution < -0.4 is 0 Å². The van der Waals surface area contributed by atoms with Gasteiger partial charge in [0, 0.05) is 0 Å². The minimum Gasteiger partial charge on any atom is -0.0522 e. The molecule has 4 rings (SSSR count). The van der Waals surface area contributed by atoms with Crippen molar-refractivity contribution in [3.8, 4) is 0 Å². The third kappa shape index (κ3) is 0.482. The summed E-state index contributed by atoms with van der Waals surface area (Å²) in [6.07, 6.45) is 14.4. The van der Waals surface area contributed by atoms with Gasteiger partial charge >= 0.3 is 0 Å². The Morgan fingerprint density at radius 1 is 0.500 bits per heavy atom. The van der Waals surface area contributed by atoms with Gasteiger partial charge in [0.1, 0.15) is 0 Å². The molecule has 4 saturated carbocycles. The summed E-state index contributed by atoms with van der Waals surface area (Å²) in [6.45, 7) is 0. The van der Waals surface area contributed by atoms with Gasteiger partial charge in [0.05, 0.1) is 0 Å². The Bertz CT molecular complexity index is 217. The molecule has 0 unspecified atom stereocenters. The lowest BCUT2D eigenvalue weighted by Gasteiger charge is -2.40. The van der Waals surface area contributed by atoms with E-state index in [0.29, 0.717) is 0 Å². The van der Waals surface area contributed by atoms with Gasteiger partial charge in [-0.25, -0.2) is 0 Å². The molecule has 0 aromatic heterocycles. The van der Waals surface area contributed by atoms with E-state index >= 15 is 0 Å². The van der Waals surface area contributed by atoms with E-state index in [4.69, 9.17) is 0 Å². The summed E-state index contributed by atoms with van der Waals surface area (Å²) in [5, 5.41) is 0. The molecule has 4 aliphatic rings. The quantitative estimate of drug-likeness (QED) is 0.511. The molecule has 12 heavy (non-hydrogen) atoms. The molecule has 0 aliphatic heterocycles. The van der Waals surface area contributed by atoms with Crippen LogP contribution in [0.15, 0.2) is 0 Å². The zero-order chi connectivity index (χ0) is 7.86. The highest BCUT2D eigenvalue weighted by molar-refractivity contribution is 5.26. The Hall–Kier alpha value is 0. The molecule has 4 aliphatic carbocycles. The molecule has 3 spiro atoms. The SMILES string of the molecule is C1CC2(CC2)C2(CC2)C2(C1)CC2. The zero-order valence-electron chi connectivity index (χ0n) is 7.86. The predicted molar refractivity (Wildman–Crippen MR) is 48.9 cm³/mol. The second kappa shape index (κ2) is 1.51. The summed E-state index contributed by atoms with van der Waals surface area (Å²) < 4.78 is 0. The molecule has 66 valence electrons. The van der Waals surface area contributed by atoms with E-state index in [1.807, 2.05) is 0 Å². The van der Waals surface area contributed by atoms with Crippen molar-refractivity contribution in [2.45, 2.75) is 57.8 Å². The van der Waals surface area contributed by atoms with Crippen LogP contribution in [0.4, 0.5) is 0 Å². The molecule has 4 fully saturated rings. The first-order valence-electron chi connectivity index (χ1n) is 5.83. The van der Waals surface area contributed by atoms with Gasteiger partial charge in [0.15, 0.2) is 0 Å². The smallest absolute Gasteiger partial charge is 0.0184 e.